The van der Waals surface area contributed by atoms with E-state index in [0.717, 1.165) is 5.56 Å². The van der Waals surface area contributed by atoms with Gasteiger partial charge in [0.1, 0.15) is 24.8 Å². The van der Waals surface area contributed by atoms with E-state index in [1.165, 1.54) is 4.90 Å². The predicted octanol–water partition coefficient (Wildman–Crippen LogP) is -2.13. The Bertz CT molecular complexity index is 952. The normalized spacial score (nSPS) is 20.3. The third kappa shape index (κ3) is 6.28. The quantitative estimate of drug-likeness (QED) is 0.280. The lowest BCUT2D eigenvalue weighted by molar-refractivity contribution is -0.146. The Kier molecular flexibility index (Phi) is 7.59. The third-order valence-electron chi connectivity index (χ3n) is 5.37. The highest BCUT2D eigenvalue weighted by Gasteiger charge is 2.44. The fraction of sp³-hybridized carbons (Fsp3) is 0.429. The molecule has 2 aliphatic rings. The lowest BCUT2D eigenvalue weighted by Crippen LogP contribution is -2.62. The van der Waals surface area contributed by atoms with Gasteiger partial charge in [0.2, 0.25) is 29.5 Å². The van der Waals surface area contributed by atoms with Crippen molar-refractivity contribution in [2.24, 2.45) is 0 Å². The molecule has 12 nitrogen and oxygen atoms in total. The smallest absolute Gasteiger partial charge is 0.322 e. The molecule has 2 fully saturated rings. The third-order valence-corrected chi connectivity index (χ3v) is 5.37. The van der Waals surface area contributed by atoms with Gasteiger partial charge in [-0.05, 0) is 12.0 Å². The summed E-state index contributed by atoms with van der Waals surface area (Å²) in [7, 11) is 0. The average Bonchev–Trinajstić information content (AvgIpc) is 3.15. The monoisotopic (exact) mass is 459 g/mol. The van der Waals surface area contributed by atoms with E-state index in [1.54, 1.807) is 30.3 Å². The maximum Gasteiger partial charge on any atom is 0.322 e. The Morgan fingerprint density at radius 3 is 2.52 bits per heavy atom. The van der Waals surface area contributed by atoms with Crippen LogP contribution in [0.2, 0.25) is 0 Å². The molecular formula is C21H25N5O7. The van der Waals surface area contributed by atoms with E-state index in [0.29, 0.717) is 6.42 Å². The van der Waals surface area contributed by atoms with Crippen molar-refractivity contribution in [1.82, 2.24) is 26.2 Å². The first-order valence-corrected chi connectivity index (χ1v) is 10.5. The molecule has 0 aliphatic carbocycles. The van der Waals surface area contributed by atoms with Gasteiger partial charge in [-0.25, -0.2) is 0 Å². The summed E-state index contributed by atoms with van der Waals surface area (Å²) < 4.78 is 0. The van der Waals surface area contributed by atoms with Crippen molar-refractivity contribution in [3.8, 4) is 0 Å². The van der Waals surface area contributed by atoms with E-state index in [1.807, 2.05) is 0 Å². The van der Waals surface area contributed by atoms with E-state index < -0.39 is 55.0 Å². The Morgan fingerprint density at radius 2 is 1.82 bits per heavy atom. The average molecular weight is 459 g/mol. The Labute approximate surface area is 189 Å². The van der Waals surface area contributed by atoms with E-state index >= 15 is 0 Å². The van der Waals surface area contributed by atoms with Crippen molar-refractivity contribution in [1.29, 1.82) is 0 Å². The molecule has 5 amide bonds. The van der Waals surface area contributed by atoms with Gasteiger partial charge in [-0.2, -0.15) is 0 Å². The van der Waals surface area contributed by atoms with Crippen LogP contribution in [-0.2, 0) is 35.2 Å². The second-order valence-corrected chi connectivity index (χ2v) is 7.78. The molecule has 0 saturated carbocycles. The number of hydrogen-bond acceptors (Lipinski definition) is 6. The fourth-order valence-electron chi connectivity index (χ4n) is 3.85. The summed E-state index contributed by atoms with van der Waals surface area (Å²) in [5.41, 5.74) is 0.740. The molecule has 1 aromatic carbocycles. The molecule has 5 N–H and O–H groups in total. The van der Waals surface area contributed by atoms with Crippen LogP contribution in [0.15, 0.2) is 30.3 Å². The van der Waals surface area contributed by atoms with E-state index in [9.17, 15) is 28.8 Å². The van der Waals surface area contributed by atoms with E-state index in [2.05, 4.69) is 21.3 Å². The Morgan fingerprint density at radius 1 is 1.09 bits per heavy atom. The van der Waals surface area contributed by atoms with Crippen LogP contribution in [0.3, 0.4) is 0 Å². The molecular weight excluding hydrogens is 434 g/mol. The van der Waals surface area contributed by atoms with Gasteiger partial charge in [-0.3, -0.25) is 28.8 Å². The lowest BCUT2D eigenvalue weighted by atomic mass is 10.1. The number of carbonyl (C=O) groups is 6. The number of carbonyl (C=O) groups excluding carboxylic acids is 5. The van der Waals surface area contributed by atoms with Crippen molar-refractivity contribution in [3.05, 3.63) is 35.9 Å². The van der Waals surface area contributed by atoms with Gasteiger partial charge in [0.25, 0.3) is 0 Å². The lowest BCUT2D eigenvalue weighted by Gasteiger charge is -2.36. The predicted molar refractivity (Wildman–Crippen MR) is 112 cm³/mol. The molecule has 2 saturated heterocycles. The molecule has 3 atom stereocenters. The summed E-state index contributed by atoms with van der Waals surface area (Å²) in [6.07, 6.45) is 0.0166. The molecule has 0 radical (unpaired) electrons. The zero-order valence-electron chi connectivity index (χ0n) is 17.7. The highest BCUT2D eigenvalue weighted by molar-refractivity contribution is 5.97. The first-order chi connectivity index (χ1) is 15.7. The summed E-state index contributed by atoms with van der Waals surface area (Å²) in [5, 5.41) is 18.6. The van der Waals surface area contributed by atoms with Crippen molar-refractivity contribution < 1.29 is 33.9 Å². The topological polar surface area (TPSA) is 174 Å². The number of carboxylic acid groups (broad SMARTS) is 1. The molecule has 176 valence electrons. The van der Waals surface area contributed by atoms with Crippen molar-refractivity contribution in [2.75, 3.05) is 13.1 Å². The Hall–Kier alpha value is -3.96. The fourth-order valence-corrected chi connectivity index (χ4v) is 3.85. The highest BCUT2D eigenvalue weighted by atomic mass is 16.4. The van der Waals surface area contributed by atoms with Crippen molar-refractivity contribution in [3.63, 3.8) is 0 Å². The number of nitrogens with zero attached hydrogens (tertiary/aromatic N) is 1. The molecule has 0 bridgehead atoms. The van der Waals surface area contributed by atoms with Gasteiger partial charge >= 0.3 is 5.97 Å². The zero-order valence-corrected chi connectivity index (χ0v) is 17.7. The molecule has 0 spiro atoms. The van der Waals surface area contributed by atoms with E-state index in [-0.39, 0.29) is 31.1 Å². The van der Waals surface area contributed by atoms with Gasteiger partial charge < -0.3 is 31.3 Å². The highest BCUT2D eigenvalue weighted by Crippen LogP contribution is 2.25. The molecule has 33 heavy (non-hydrogen) atoms. The summed E-state index contributed by atoms with van der Waals surface area (Å²) in [4.78, 5) is 73.5. The number of aliphatic carboxylic acids is 1. The number of fused-ring (bicyclic) bond motifs is 1. The molecule has 3 rings (SSSR count). The second-order valence-electron chi connectivity index (χ2n) is 7.78. The van der Waals surface area contributed by atoms with Gasteiger partial charge in [0.05, 0.1) is 13.0 Å². The molecule has 1 aromatic rings. The SMILES string of the molecule is O=C(O)CNC(=O)[C@H](Cc1ccccc1)NC(=O)CNC(=O)[C@@H]1CC(=O)N[C@H]2CCC(=O)N21. The summed E-state index contributed by atoms with van der Waals surface area (Å²) in [6, 6.07) is 6.74. The molecule has 0 aromatic heterocycles. The van der Waals surface area contributed by atoms with Gasteiger partial charge in [-0.15, -0.1) is 0 Å². The van der Waals surface area contributed by atoms with Crippen LogP contribution in [0.25, 0.3) is 0 Å². The molecule has 2 heterocycles. The molecule has 0 unspecified atom stereocenters. The van der Waals surface area contributed by atoms with Crippen LogP contribution < -0.4 is 21.3 Å². The first-order valence-electron chi connectivity index (χ1n) is 10.5. The maximum absolute atomic E-state index is 12.6. The summed E-state index contributed by atoms with van der Waals surface area (Å²) in [5.74, 6) is -3.84. The standard InChI is InChI=1S/C21H25N5O7/c27-16-9-14(26-15(25-16)6-7-18(26)29)21(33)22-10-17(28)24-13(20(32)23-11-19(30)31)8-12-4-2-1-3-5-12/h1-5,13-15H,6-11H2,(H,22,33)(H,23,32)(H,24,28)(H,25,27)(H,30,31)/t13-,14-,15+/m0/s1. The maximum atomic E-state index is 12.6. The second kappa shape index (κ2) is 10.6. The number of nitrogens with one attached hydrogen (secondary N) is 4. The van der Waals surface area contributed by atoms with Crippen molar-refractivity contribution >= 4 is 35.5 Å². The minimum Gasteiger partial charge on any atom is -0.480 e. The minimum atomic E-state index is -1.23. The molecule has 2 aliphatic heterocycles. The Balaban J connectivity index is 1.59. The number of hydrogen-bond donors (Lipinski definition) is 5. The van der Waals surface area contributed by atoms with Gasteiger partial charge in [-0.1, -0.05) is 30.3 Å². The van der Waals surface area contributed by atoms with E-state index in [4.69, 9.17) is 5.11 Å². The van der Waals surface area contributed by atoms with Crippen LogP contribution in [0.5, 0.6) is 0 Å². The number of carboxylic acids is 1. The van der Waals surface area contributed by atoms with Crippen LogP contribution in [0, 0.1) is 0 Å². The summed E-state index contributed by atoms with van der Waals surface area (Å²) in [6.45, 7) is -1.09. The molecule has 12 heteroatoms. The number of amides is 5. The summed E-state index contributed by atoms with van der Waals surface area (Å²) >= 11 is 0. The van der Waals surface area contributed by atoms with Crippen LogP contribution in [0.1, 0.15) is 24.8 Å². The van der Waals surface area contributed by atoms with Crippen LogP contribution in [0.4, 0.5) is 0 Å². The van der Waals surface area contributed by atoms with Gasteiger partial charge in [0, 0.05) is 12.8 Å². The van der Waals surface area contributed by atoms with Crippen LogP contribution in [-0.4, -0.2) is 76.9 Å². The van der Waals surface area contributed by atoms with Crippen molar-refractivity contribution in [2.45, 2.75) is 43.9 Å². The van der Waals surface area contributed by atoms with Gasteiger partial charge in [0.15, 0.2) is 0 Å². The first kappa shape index (κ1) is 23.7. The minimum absolute atomic E-state index is 0.110. The zero-order chi connectivity index (χ0) is 24.0. The van der Waals surface area contributed by atoms with Crippen LogP contribution >= 0.6 is 0 Å². The number of rotatable bonds is 9. The largest absolute Gasteiger partial charge is 0.480 e. The number of benzene rings is 1.